The highest BCUT2D eigenvalue weighted by molar-refractivity contribution is 7.92. The number of hydrogen-bond acceptors (Lipinski definition) is 7. The van der Waals surface area contributed by atoms with Crippen molar-refractivity contribution in [3.63, 3.8) is 0 Å². The number of nitrogens with one attached hydrogen (secondary N) is 1. The maximum Gasteiger partial charge on any atom is 0.330 e. The Balaban J connectivity index is 1.87. The summed E-state index contributed by atoms with van der Waals surface area (Å²) in [6, 6.07) is 9.23. The van der Waals surface area contributed by atoms with E-state index in [0.29, 0.717) is 10.6 Å². The summed E-state index contributed by atoms with van der Waals surface area (Å²) in [4.78, 5) is 3.71. The third-order valence-electron chi connectivity index (χ3n) is 2.96. The van der Waals surface area contributed by atoms with Gasteiger partial charge in [-0.05, 0) is 36.4 Å². The van der Waals surface area contributed by atoms with Gasteiger partial charge in [0.25, 0.3) is 10.0 Å². The van der Waals surface area contributed by atoms with Crippen LogP contribution in [0.4, 0.5) is 6.01 Å². The Hall–Kier alpha value is -2.65. The first-order valence-electron chi connectivity index (χ1n) is 6.61. The van der Waals surface area contributed by atoms with Gasteiger partial charge in [0.15, 0.2) is 0 Å². The summed E-state index contributed by atoms with van der Waals surface area (Å²) in [5.74, 6) is 0.116. The number of methoxy groups -OCH3 is 1. The van der Waals surface area contributed by atoms with Crippen molar-refractivity contribution in [2.45, 2.75) is 4.90 Å². The van der Waals surface area contributed by atoms with E-state index in [2.05, 4.69) is 19.9 Å². The van der Waals surface area contributed by atoms with E-state index in [9.17, 15) is 8.42 Å². The molecule has 0 bridgehead atoms. The Morgan fingerprint density at radius 3 is 2.62 bits per heavy atom. The van der Waals surface area contributed by atoms with Crippen molar-refractivity contribution in [3.05, 3.63) is 47.6 Å². The summed E-state index contributed by atoms with van der Waals surface area (Å²) >= 11 is 5.81. The Bertz CT molecular complexity index is 957. The largest absolute Gasteiger partial charge is 0.480 e. The molecule has 3 rings (SSSR count). The summed E-state index contributed by atoms with van der Waals surface area (Å²) in [6.45, 7) is 0. The normalized spacial score (nSPS) is 11.2. The number of rotatable bonds is 5. The molecule has 3 aromatic rings. The molecule has 1 N–H and O–H groups in total. The van der Waals surface area contributed by atoms with Gasteiger partial charge in [0.05, 0.1) is 7.11 Å². The molecule has 0 aliphatic carbocycles. The van der Waals surface area contributed by atoms with Gasteiger partial charge in [0.2, 0.25) is 11.8 Å². The summed E-state index contributed by atoms with van der Waals surface area (Å²) in [7, 11) is -2.66. The van der Waals surface area contributed by atoms with Crippen molar-refractivity contribution < 1.29 is 17.6 Å². The van der Waals surface area contributed by atoms with E-state index in [-0.39, 0.29) is 22.7 Å². The Kier molecular flexibility index (Phi) is 4.36. The number of pyridine rings is 1. The fourth-order valence-electron chi connectivity index (χ4n) is 1.88. The summed E-state index contributed by atoms with van der Waals surface area (Å²) in [6.07, 6.45) is 1.42. The van der Waals surface area contributed by atoms with Crippen LogP contribution in [0.3, 0.4) is 0 Å². The summed E-state index contributed by atoms with van der Waals surface area (Å²) < 4.78 is 37.3. The van der Waals surface area contributed by atoms with Crippen molar-refractivity contribution in [1.29, 1.82) is 0 Å². The van der Waals surface area contributed by atoms with E-state index in [1.807, 2.05) is 0 Å². The summed E-state index contributed by atoms with van der Waals surface area (Å²) in [5.41, 5.74) is 0.608. The quantitative estimate of drug-likeness (QED) is 0.739. The van der Waals surface area contributed by atoms with Crippen LogP contribution in [0.25, 0.3) is 11.5 Å². The van der Waals surface area contributed by atoms with E-state index in [1.54, 1.807) is 24.3 Å². The first-order chi connectivity index (χ1) is 11.5. The molecule has 124 valence electrons. The van der Waals surface area contributed by atoms with Crippen molar-refractivity contribution in [2.24, 2.45) is 0 Å². The fraction of sp³-hybridized carbons (Fsp3) is 0.0714. The highest BCUT2D eigenvalue weighted by Gasteiger charge is 2.23. The van der Waals surface area contributed by atoms with Crippen LogP contribution < -0.4 is 9.46 Å². The maximum absolute atomic E-state index is 12.4. The molecule has 2 aromatic heterocycles. The number of hydrogen-bond donors (Lipinski definition) is 1. The molecule has 2 heterocycles. The molecular formula is C14H11ClN4O4S. The molecule has 0 aliphatic heterocycles. The highest BCUT2D eigenvalue weighted by Crippen LogP contribution is 2.25. The lowest BCUT2D eigenvalue weighted by atomic mass is 10.2. The SMILES string of the molecule is COc1ncccc1S(=O)(=O)Nc1nnc(-c2ccc(Cl)cc2)o1. The number of nitrogens with zero attached hydrogens (tertiary/aromatic N) is 3. The minimum absolute atomic E-state index is 0.0394. The molecular weight excluding hydrogens is 356 g/mol. The third kappa shape index (κ3) is 3.31. The Morgan fingerprint density at radius 2 is 1.92 bits per heavy atom. The molecule has 0 saturated carbocycles. The van der Waals surface area contributed by atoms with Crippen LogP contribution in [0.2, 0.25) is 5.02 Å². The van der Waals surface area contributed by atoms with Crippen molar-refractivity contribution in [1.82, 2.24) is 15.2 Å². The second kappa shape index (κ2) is 6.46. The maximum atomic E-state index is 12.4. The van der Waals surface area contributed by atoms with Crippen molar-refractivity contribution in [2.75, 3.05) is 11.8 Å². The number of benzene rings is 1. The standard InChI is InChI=1S/C14H11ClN4O4S/c1-22-13-11(3-2-8-16-13)24(20,21)19-14-18-17-12(23-14)9-4-6-10(15)7-5-9/h2-8H,1H3,(H,18,19). The molecule has 0 amide bonds. The van der Waals surface area contributed by atoms with E-state index in [1.165, 1.54) is 25.4 Å². The minimum atomic E-state index is -3.99. The Morgan fingerprint density at radius 1 is 1.17 bits per heavy atom. The number of sulfonamides is 1. The van der Waals surface area contributed by atoms with Crippen LogP contribution in [0.5, 0.6) is 5.88 Å². The average molecular weight is 367 g/mol. The molecule has 24 heavy (non-hydrogen) atoms. The van der Waals surface area contributed by atoms with Crippen molar-refractivity contribution in [3.8, 4) is 17.3 Å². The highest BCUT2D eigenvalue weighted by atomic mass is 35.5. The van der Waals surface area contributed by atoms with Crippen LogP contribution in [-0.2, 0) is 10.0 Å². The monoisotopic (exact) mass is 366 g/mol. The number of ether oxygens (including phenoxy) is 1. The van der Waals surface area contributed by atoms with Crippen molar-refractivity contribution >= 4 is 27.6 Å². The lowest BCUT2D eigenvalue weighted by Crippen LogP contribution is -2.14. The van der Waals surface area contributed by atoms with E-state index >= 15 is 0 Å². The second-order valence-corrected chi connectivity index (χ2v) is 6.62. The van der Waals surface area contributed by atoms with Crippen LogP contribution in [-0.4, -0.2) is 30.7 Å². The third-order valence-corrected chi connectivity index (χ3v) is 4.54. The van der Waals surface area contributed by atoms with Gasteiger partial charge in [-0.1, -0.05) is 16.7 Å². The zero-order valence-electron chi connectivity index (χ0n) is 12.3. The summed E-state index contributed by atoms with van der Waals surface area (Å²) in [5, 5.41) is 8.04. The van der Waals surface area contributed by atoms with Gasteiger partial charge in [-0.3, -0.25) is 0 Å². The van der Waals surface area contributed by atoms with Gasteiger partial charge in [-0.2, -0.15) is 0 Å². The second-order valence-electron chi connectivity index (χ2n) is 4.54. The molecule has 0 fully saturated rings. The molecule has 0 saturated heterocycles. The van der Waals surface area contributed by atoms with E-state index < -0.39 is 10.0 Å². The molecule has 1 aromatic carbocycles. The van der Waals surface area contributed by atoms with Crippen LogP contribution in [0.1, 0.15) is 0 Å². The topological polar surface area (TPSA) is 107 Å². The lowest BCUT2D eigenvalue weighted by Gasteiger charge is -2.07. The van der Waals surface area contributed by atoms with E-state index in [4.69, 9.17) is 20.8 Å². The van der Waals surface area contributed by atoms with E-state index in [0.717, 1.165) is 0 Å². The molecule has 0 spiro atoms. The first kappa shape index (κ1) is 16.2. The van der Waals surface area contributed by atoms with Gasteiger partial charge in [-0.25, -0.2) is 18.1 Å². The van der Waals surface area contributed by atoms with Gasteiger partial charge < -0.3 is 9.15 Å². The van der Waals surface area contributed by atoms with Gasteiger partial charge in [-0.15, -0.1) is 5.10 Å². The molecule has 0 unspecified atom stereocenters. The average Bonchev–Trinajstić information content (AvgIpc) is 3.03. The Labute approximate surface area is 142 Å². The first-order valence-corrected chi connectivity index (χ1v) is 8.47. The zero-order valence-corrected chi connectivity index (χ0v) is 13.9. The number of anilines is 1. The molecule has 0 radical (unpaired) electrons. The predicted molar refractivity (Wildman–Crippen MR) is 86.3 cm³/mol. The minimum Gasteiger partial charge on any atom is -0.480 e. The molecule has 0 aliphatic rings. The number of aromatic nitrogens is 3. The number of halogens is 1. The van der Waals surface area contributed by atoms with Gasteiger partial charge >= 0.3 is 6.01 Å². The molecule has 0 atom stereocenters. The van der Waals surface area contributed by atoms with Gasteiger partial charge in [0.1, 0.15) is 4.90 Å². The molecule has 10 heteroatoms. The zero-order chi connectivity index (χ0) is 17.2. The predicted octanol–water partition coefficient (Wildman–Crippen LogP) is 2.59. The van der Waals surface area contributed by atoms with Crippen LogP contribution >= 0.6 is 11.6 Å². The lowest BCUT2D eigenvalue weighted by molar-refractivity contribution is 0.385. The van der Waals surface area contributed by atoms with Crippen LogP contribution in [0, 0.1) is 0 Å². The smallest absolute Gasteiger partial charge is 0.330 e. The van der Waals surface area contributed by atoms with Crippen LogP contribution in [0.15, 0.2) is 51.9 Å². The molecule has 8 nitrogen and oxygen atoms in total. The van der Waals surface area contributed by atoms with Gasteiger partial charge in [0, 0.05) is 16.8 Å². The fourth-order valence-corrected chi connectivity index (χ4v) is 3.05.